The highest BCUT2D eigenvalue weighted by Gasteiger charge is 2.42. The summed E-state index contributed by atoms with van der Waals surface area (Å²) in [5.74, 6) is -0.558. The molecular weight excluding hydrogens is 512 g/mol. The van der Waals surface area contributed by atoms with Gasteiger partial charge in [-0.25, -0.2) is 9.91 Å². The van der Waals surface area contributed by atoms with E-state index in [1.807, 2.05) is 60.7 Å². The van der Waals surface area contributed by atoms with E-state index in [4.69, 9.17) is 10.5 Å². The van der Waals surface area contributed by atoms with Crippen molar-refractivity contribution in [3.63, 3.8) is 0 Å². The maximum Gasteiger partial charge on any atom is 0.247 e. The van der Waals surface area contributed by atoms with Crippen molar-refractivity contribution in [1.29, 1.82) is 5.41 Å². The van der Waals surface area contributed by atoms with Crippen molar-refractivity contribution in [3.8, 4) is 0 Å². The van der Waals surface area contributed by atoms with Gasteiger partial charge in [0.2, 0.25) is 11.8 Å². The molecule has 0 saturated carbocycles. The second kappa shape index (κ2) is 9.56. The van der Waals surface area contributed by atoms with E-state index >= 15 is 0 Å². The lowest BCUT2D eigenvalue weighted by Crippen LogP contribution is -2.32. The number of carbonyl (C=O) groups is 2. The second-order valence-electron chi connectivity index (χ2n) is 8.05. The van der Waals surface area contributed by atoms with Crippen molar-refractivity contribution >= 4 is 56.1 Å². The number of nitrogens with one attached hydrogen (secondary N) is 1. The van der Waals surface area contributed by atoms with Gasteiger partial charge in [-0.2, -0.15) is 5.10 Å². The Kier molecular flexibility index (Phi) is 6.34. The van der Waals surface area contributed by atoms with Crippen molar-refractivity contribution in [3.05, 3.63) is 101 Å². The van der Waals surface area contributed by atoms with Crippen molar-refractivity contribution in [2.75, 3.05) is 4.90 Å². The molecule has 5 rings (SSSR count). The molecular formula is C26H21BrN4O2S. The fourth-order valence-corrected chi connectivity index (χ4v) is 5.43. The van der Waals surface area contributed by atoms with E-state index in [-0.39, 0.29) is 29.4 Å². The van der Waals surface area contributed by atoms with Gasteiger partial charge in [0.05, 0.1) is 17.4 Å². The average Bonchev–Trinajstić information content (AvgIpc) is 3.42. The highest BCUT2D eigenvalue weighted by molar-refractivity contribution is 9.10. The largest absolute Gasteiger partial charge is 0.277 e. The standard InChI is InChI=1S/C26H21BrN4O2S/c27-19-11-13-20(14-12-19)30-24(32)16-23(25(30)33)34-26(28)31-22(18-9-5-2-6-10-18)15-21(29-31)17-7-3-1-4-8-17/h1-14,22-23,28H,15-16H2/t22-,23-/m0/s1. The molecule has 1 fully saturated rings. The van der Waals surface area contributed by atoms with Gasteiger partial charge in [-0.05, 0) is 35.4 Å². The third-order valence-electron chi connectivity index (χ3n) is 5.85. The van der Waals surface area contributed by atoms with Crippen LogP contribution in [0.3, 0.4) is 0 Å². The summed E-state index contributed by atoms with van der Waals surface area (Å²) in [5.41, 5.74) is 3.50. The third-order valence-corrected chi connectivity index (χ3v) is 7.45. The molecule has 0 aliphatic carbocycles. The molecule has 0 radical (unpaired) electrons. The predicted molar refractivity (Wildman–Crippen MR) is 139 cm³/mol. The van der Waals surface area contributed by atoms with Crippen LogP contribution in [0.5, 0.6) is 0 Å². The highest BCUT2D eigenvalue weighted by atomic mass is 79.9. The van der Waals surface area contributed by atoms with E-state index in [0.29, 0.717) is 12.1 Å². The Labute approximate surface area is 210 Å². The number of hydrogen-bond acceptors (Lipinski definition) is 5. The molecule has 8 heteroatoms. The highest BCUT2D eigenvalue weighted by Crippen LogP contribution is 2.37. The number of amidine groups is 1. The molecule has 0 aromatic heterocycles. The van der Waals surface area contributed by atoms with Crippen LogP contribution in [0, 0.1) is 5.41 Å². The van der Waals surface area contributed by atoms with Crippen LogP contribution in [0.2, 0.25) is 0 Å². The van der Waals surface area contributed by atoms with E-state index in [0.717, 1.165) is 33.1 Å². The maximum absolute atomic E-state index is 13.1. The number of amides is 2. The SMILES string of the molecule is N=C(S[C@H]1CC(=O)N(c2ccc(Br)cc2)C1=O)N1N=C(c2ccccc2)C[C@H]1c1ccccc1. The fraction of sp³-hybridized carbons (Fsp3) is 0.154. The van der Waals surface area contributed by atoms with Gasteiger partial charge in [-0.15, -0.1) is 0 Å². The number of thioether (sulfide) groups is 1. The zero-order chi connectivity index (χ0) is 23.7. The summed E-state index contributed by atoms with van der Waals surface area (Å²) in [6.07, 6.45) is 0.709. The van der Waals surface area contributed by atoms with Crippen LogP contribution in [0.25, 0.3) is 0 Å². The Morgan fingerprint density at radius 2 is 1.56 bits per heavy atom. The smallest absolute Gasteiger partial charge is 0.247 e. The van der Waals surface area contributed by atoms with Crippen LogP contribution in [-0.4, -0.2) is 33.0 Å². The second-order valence-corrected chi connectivity index (χ2v) is 10.2. The van der Waals surface area contributed by atoms with E-state index in [1.165, 1.54) is 4.90 Å². The number of benzene rings is 3. The van der Waals surface area contributed by atoms with Gasteiger partial charge in [-0.1, -0.05) is 88.4 Å². The molecule has 2 amide bonds. The lowest BCUT2D eigenvalue weighted by atomic mass is 9.99. The topological polar surface area (TPSA) is 76.8 Å². The van der Waals surface area contributed by atoms with Crippen molar-refractivity contribution in [2.24, 2.45) is 5.10 Å². The van der Waals surface area contributed by atoms with Crippen LogP contribution in [0.15, 0.2) is 94.5 Å². The number of rotatable bonds is 4. The minimum absolute atomic E-state index is 0.0566. The van der Waals surface area contributed by atoms with E-state index < -0.39 is 5.25 Å². The Balaban J connectivity index is 1.38. The minimum Gasteiger partial charge on any atom is -0.277 e. The summed E-state index contributed by atoms with van der Waals surface area (Å²) in [6.45, 7) is 0. The summed E-state index contributed by atoms with van der Waals surface area (Å²) >= 11 is 4.47. The number of nitrogens with zero attached hydrogens (tertiary/aromatic N) is 3. The van der Waals surface area contributed by atoms with Crippen LogP contribution < -0.4 is 4.90 Å². The maximum atomic E-state index is 13.1. The molecule has 2 heterocycles. The van der Waals surface area contributed by atoms with Gasteiger partial charge in [0.1, 0.15) is 5.25 Å². The number of halogens is 1. The summed E-state index contributed by atoms with van der Waals surface area (Å²) < 4.78 is 0.871. The summed E-state index contributed by atoms with van der Waals surface area (Å²) in [6, 6.07) is 26.8. The number of hydrogen-bond donors (Lipinski definition) is 1. The first-order valence-corrected chi connectivity index (χ1v) is 12.5. The molecule has 34 heavy (non-hydrogen) atoms. The molecule has 0 unspecified atom stereocenters. The Bertz CT molecular complexity index is 1260. The molecule has 2 atom stereocenters. The number of hydrazone groups is 1. The summed E-state index contributed by atoms with van der Waals surface area (Å²) in [4.78, 5) is 27.0. The van der Waals surface area contributed by atoms with Crippen molar-refractivity contribution < 1.29 is 9.59 Å². The van der Waals surface area contributed by atoms with Crippen LogP contribution in [-0.2, 0) is 9.59 Å². The molecule has 2 aliphatic heterocycles. The van der Waals surface area contributed by atoms with E-state index in [9.17, 15) is 9.59 Å². The van der Waals surface area contributed by atoms with E-state index in [1.54, 1.807) is 29.3 Å². The summed E-state index contributed by atoms with van der Waals surface area (Å²) in [5, 5.41) is 14.8. The molecule has 2 aliphatic rings. The Morgan fingerprint density at radius 1 is 0.912 bits per heavy atom. The van der Waals surface area contributed by atoms with Gasteiger partial charge >= 0.3 is 0 Å². The molecule has 0 bridgehead atoms. The molecule has 3 aromatic carbocycles. The average molecular weight is 533 g/mol. The molecule has 1 N–H and O–H groups in total. The number of imide groups is 1. The van der Waals surface area contributed by atoms with Crippen LogP contribution >= 0.6 is 27.7 Å². The molecule has 6 nitrogen and oxygen atoms in total. The van der Waals surface area contributed by atoms with E-state index in [2.05, 4.69) is 15.9 Å². The van der Waals surface area contributed by atoms with Gasteiger partial charge in [0, 0.05) is 17.3 Å². The predicted octanol–water partition coefficient (Wildman–Crippen LogP) is 5.60. The lowest BCUT2D eigenvalue weighted by molar-refractivity contribution is -0.121. The first-order chi connectivity index (χ1) is 16.5. The van der Waals surface area contributed by atoms with Crippen LogP contribution in [0.4, 0.5) is 5.69 Å². The van der Waals surface area contributed by atoms with Crippen LogP contribution in [0.1, 0.15) is 30.0 Å². The third kappa shape index (κ3) is 4.43. The molecule has 1 saturated heterocycles. The lowest BCUT2D eigenvalue weighted by Gasteiger charge is -2.24. The Morgan fingerprint density at radius 3 is 2.24 bits per heavy atom. The molecule has 0 spiro atoms. The monoisotopic (exact) mass is 532 g/mol. The van der Waals surface area contributed by atoms with Gasteiger partial charge in [-0.3, -0.25) is 15.0 Å². The molecule has 170 valence electrons. The molecule has 3 aromatic rings. The first-order valence-electron chi connectivity index (χ1n) is 10.9. The number of carbonyl (C=O) groups excluding carboxylic acids is 2. The van der Waals surface area contributed by atoms with Gasteiger partial charge in [0.15, 0.2) is 5.17 Å². The van der Waals surface area contributed by atoms with Gasteiger partial charge in [0.25, 0.3) is 0 Å². The first kappa shape index (κ1) is 22.6. The van der Waals surface area contributed by atoms with Crippen molar-refractivity contribution in [1.82, 2.24) is 5.01 Å². The number of anilines is 1. The quantitative estimate of drug-likeness (QED) is 0.269. The zero-order valence-corrected chi connectivity index (χ0v) is 20.5. The fourth-order valence-electron chi connectivity index (χ4n) is 4.18. The summed E-state index contributed by atoms with van der Waals surface area (Å²) in [7, 11) is 0. The van der Waals surface area contributed by atoms with Crippen molar-refractivity contribution in [2.45, 2.75) is 24.1 Å². The minimum atomic E-state index is -0.656. The van der Waals surface area contributed by atoms with Gasteiger partial charge < -0.3 is 0 Å². The Hall–Kier alpha value is -3.23. The zero-order valence-electron chi connectivity index (χ0n) is 18.1. The normalized spacial score (nSPS) is 20.1.